The Morgan fingerprint density at radius 1 is 1.06 bits per heavy atom. The number of rotatable bonds is 7. The summed E-state index contributed by atoms with van der Waals surface area (Å²) in [4.78, 5) is 27.3. The maximum Gasteiger partial charge on any atom is 0.270 e. The van der Waals surface area contributed by atoms with Crippen molar-refractivity contribution in [2.45, 2.75) is 20.0 Å². The number of thiocarbonyl (C=S) groups is 1. The summed E-state index contributed by atoms with van der Waals surface area (Å²) in [5.41, 5.74) is 2.78. The fraction of sp³-hybridized carbons (Fsp3) is 0.148. The number of amides is 2. The van der Waals surface area contributed by atoms with E-state index in [0.717, 1.165) is 12.0 Å². The number of hydrogen-bond acceptors (Lipinski definition) is 5. The monoisotopic (exact) mass is 568 g/mol. The Morgan fingerprint density at radius 3 is 2.47 bits per heavy atom. The number of ether oxygens (including phenoxy) is 2. The van der Waals surface area contributed by atoms with E-state index >= 15 is 0 Å². The molecule has 0 aliphatic carbocycles. The van der Waals surface area contributed by atoms with Crippen molar-refractivity contribution in [2.24, 2.45) is 0 Å². The van der Waals surface area contributed by atoms with Crippen molar-refractivity contribution in [3.8, 4) is 11.5 Å². The Labute approximate surface area is 221 Å². The number of carbonyl (C=O) groups excluding carboxylic acids is 2. The molecule has 1 aliphatic heterocycles. The maximum absolute atomic E-state index is 13.5. The minimum absolute atomic E-state index is 0.0177. The van der Waals surface area contributed by atoms with E-state index in [-0.39, 0.29) is 23.1 Å². The zero-order chi connectivity index (χ0) is 25.8. The van der Waals surface area contributed by atoms with E-state index in [0.29, 0.717) is 32.8 Å². The molecule has 3 aromatic carbocycles. The van der Waals surface area contributed by atoms with E-state index in [1.54, 1.807) is 36.4 Å². The first-order valence-electron chi connectivity index (χ1n) is 11.1. The van der Waals surface area contributed by atoms with Gasteiger partial charge in [-0.25, -0.2) is 4.39 Å². The quantitative estimate of drug-likeness (QED) is 0.229. The molecule has 0 spiro atoms. The van der Waals surface area contributed by atoms with E-state index in [4.69, 9.17) is 21.7 Å². The first-order chi connectivity index (χ1) is 17.3. The second-order valence-corrected chi connectivity index (χ2v) is 9.16. The molecule has 0 saturated carbocycles. The van der Waals surface area contributed by atoms with E-state index < -0.39 is 11.8 Å². The summed E-state index contributed by atoms with van der Waals surface area (Å²) in [6, 6.07) is 16.8. The van der Waals surface area contributed by atoms with Gasteiger partial charge < -0.3 is 9.47 Å². The standard InChI is InChI=1S/C27H22BrFN2O4S/c1-3-16-7-9-20(10-8-16)31-26(33)21(25(32)30-27(31)36)12-18-13-23(34-2)24(14-22(18)28)35-15-17-5-4-6-19(29)11-17/h4-14H,3,15H2,1-2H3,(H,30,32,36)/b21-12+. The van der Waals surface area contributed by atoms with Crippen LogP contribution in [0, 0.1) is 5.82 Å². The van der Waals surface area contributed by atoms with E-state index in [1.165, 1.54) is 30.2 Å². The molecule has 3 aromatic rings. The predicted octanol–water partition coefficient (Wildman–Crippen LogP) is 5.57. The molecule has 1 heterocycles. The van der Waals surface area contributed by atoms with Gasteiger partial charge in [0, 0.05) is 4.47 Å². The zero-order valence-electron chi connectivity index (χ0n) is 19.5. The van der Waals surface area contributed by atoms with Crippen molar-refractivity contribution in [3.05, 3.63) is 93.2 Å². The van der Waals surface area contributed by atoms with Gasteiger partial charge in [0.15, 0.2) is 16.6 Å². The Balaban J connectivity index is 1.63. The van der Waals surface area contributed by atoms with Crippen molar-refractivity contribution >= 4 is 56.8 Å². The minimum atomic E-state index is -0.594. The summed E-state index contributed by atoms with van der Waals surface area (Å²) in [7, 11) is 1.48. The van der Waals surface area contributed by atoms with Gasteiger partial charge >= 0.3 is 0 Å². The lowest BCUT2D eigenvalue weighted by molar-refractivity contribution is -0.122. The first-order valence-corrected chi connectivity index (χ1v) is 12.3. The number of anilines is 1. The fourth-order valence-corrected chi connectivity index (χ4v) is 4.37. The molecule has 184 valence electrons. The highest BCUT2D eigenvalue weighted by molar-refractivity contribution is 9.10. The molecule has 9 heteroatoms. The molecular formula is C27H22BrFN2O4S. The second kappa shape index (κ2) is 11.0. The lowest BCUT2D eigenvalue weighted by Gasteiger charge is -2.29. The summed E-state index contributed by atoms with van der Waals surface area (Å²) < 4.78 is 25.3. The number of hydrogen-bond donors (Lipinski definition) is 1. The van der Waals surface area contributed by atoms with Crippen LogP contribution in [0.2, 0.25) is 0 Å². The lowest BCUT2D eigenvalue weighted by atomic mass is 10.1. The van der Waals surface area contributed by atoms with Crippen LogP contribution in [0.25, 0.3) is 6.08 Å². The van der Waals surface area contributed by atoms with Gasteiger partial charge in [0.05, 0.1) is 12.8 Å². The fourth-order valence-electron chi connectivity index (χ4n) is 3.65. The van der Waals surface area contributed by atoms with Gasteiger partial charge in [0.2, 0.25) is 0 Å². The molecule has 0 atom stereocenters. The van der Waals surface area contributed by atoms with Crippen LogP contribution >= 0.6 is 28.1 Å². The Kier molecular flexibility index (Phi) is 7.81. The highest BCUT2D eigenvalue weighted by atomic mass is 79.9. The molecule has 0 radical (unpaired) electrons. The number of halogens is 2. The van der Waals surface area contributed by atoms with Crippen molar-refractivity contribution in [1.82, 2.24) is 5.32 Å². The number of nitrogens with one attached hydrogen (secondary N) is 1. The molecule has 36 heavy (non-hydrogen) atoms. The molecule has 2 amide bonds. The Morgan fingerprint density at radius 2 is 1.81 bits per heavy atom. The normalized spacial score (nSPS) is 14.7. The van der Waals surface area contributed by atoms with Crippen LogP contribution in [0.5, 0.6) is 11.5 Å². The van der Waals surface area contributed by atoms with Gasteiger partial charge in [-0.1, -0.05) is 47.1 Å². The van der Waals surface area contributed by atoms with Crippen molar-refractivity contribution in [1.29, 1.82) is 0 Å². The van der Waals surface area contributed by atoms with Crippen LogP contribution in [0.3, 0.4) is 0 Å². The third kappa shape index (κ3) is 5.47. The number of nitrogens with zero attached hydrogens (tertiary/aromatic N) is 1. The third-order valence-electron chi connectivity index (χ3n) is 5.57. The average Bonchev–Trinajstić information content (AvgIpc) is 2.86. The van der Waals surface area contributed by atoms with Crippen LogP contribution < -0.4 is 19.7 Å². The summed E-state index contributed by atoms with van der Waals surface area (Å²) >= 11 is 8.76. The molecule has 0 aromatic heterocycles. The largest absolute Gasteiger partial charge is 0.493 e. The molecule has 6 nitrogen and oxygen atoms in total. The SMILES string of the molecule is CCc1ccc(N2C(=O)/C(=C/c3cc(OC)c(OCc4cccc(F)c4)cc3Br)C(=O)NC2=S)cc1. The second-order valence-electron chi connectivity index (χ2n) is 7.92. The van der Waals surface area contributed by atoms with E-state index in [9.17, 15) is 14.0 Å². The summed E-state index contributed by atoms with van der Waals surface area (Å²) in [6.45, 7) is 2.17. The number of benzene rings is 3. The van der Waals surface area contributed by atoms with Crippen molar-refractivity contribution in [3.63, 3.8) is 0 Å². The molecular weight excluding hydrogens is 547 g/mol. The molecule has 1 fully saturated rings. The van der Waals surface area contributed by atoms with E-state index in [2.05, 4.69) is 21.2 Å². The van der Waals surface area contributed by atoms with Crippen LogP contribution in [0.15, 0.2) is 70.7 Å². The molecule has 1 aliphatic rings. The van der Waals surface area contributed by atoms with Gasteiger partial charge in [-0.15, -0.1) is 0 Å². The van der Waals surface area contributed by atoms with Crippen LogP contribution in [0.4, 0.5) is 10.1 Å². The van der Waals surface area contributed by atoms with Crippen LogP contribution in [-0.4, -0.2) is 24.0 Å². The molecule has 0 bridgehead atoms. The Hall–Kier alpha value is -3.56. The lowest BCUT2D eigenvalue weighted by Crippen LogP contribution is -2.54. The highest BCUT2D eigenvalue weighted by Gasteiger charge is 2.34. The van der Waals surface area contributed by atoms with Gasteiger partial charge in [-0.2, -0.15) is 0 Å². The summed E-state index contributed by atoms with van der Waals surface area (Å²) in [6.07, 6.45) is 2.33. The van der Waals surface area contributed by atoms with E-state index in [1.807, 2.05) is 19.1 Å². The van der Waals surface area contributed by atoms with Crippen LogP contribution in [0.1, 0.15) is 23.6 Å². The average molecular weight is 569 g/mol. The van der Waals surface area contributed by atoms with Crippen LogP contribution in [-0.2, 0) is 22.6 Å². The van der Waals surface area contributed by atoms with Crippen molar-refractivity contribution in [2.75, 3.05) is 12.0 Å². The molecule has 0 unspecified atom stereocenters. The first kappa shape index (κ1) is 25.5. The Bertz CT molecular complexity index is 1370. The number of methoxy groups -OCH3 is 1. The summed E-state index contributed by atoms with van der Waals surface area (Å²) in [5.74, 6) is -0.688. The maximum atomic E-state index is 13.5. The summed E-state index contributed by atoms with van der Waals surface area (Å²) in [5, 5.41) is 2.60. The molecule has 4 rings (SSSR count). The molecule has 1 saturated heterocycles. The van der Waals surface area contributed by atoms with Gasteiger partial charge in [-0.05, 0) is 77.8 Å². The predicted molar refractivity (Wildman–Crippen MR) is 143 cm³/mol. The molecule has 1 N–H and O–H groups in total. The van der Waals surface area contributed by atoms with Gasteiger partial charge in [0.25, 0.3) is 11.8 Å². The zero-order valence-corrected chi connectivity index (χ0v) is 21.9. The highest BCUT2D eigenvalue weighted by Crippen LogP contribution is 2.36. The smallest absolute Gasteiger partial charge is 0.270 e. The minimum Gasteiger partial charge on any atom is -0.493 e. The van der Waals surface area contributed by atoms with Crippen molar-refractivity contribution < 1.29 is 23.5 Å². The number of aryl methyl sites for hydroxylation is 1. The topological polar surface area (TPSA) is 67.9 Å². The van der Waals surface area contributed by atoms with Gasteiger partial charge in [-0.3, -0.25) is 19.8 Å². The number of carbonyl (C=O) groups is 2. The third-order valence-corrected chi connectivity index (χ3v) is 6.54. The van der Waals surface area contributed by atoms with Gasteiger partial charge in [0.1, 0.15) is 18.0 Å².